The third-order valence-electron chi connectivity index (χ3n) is 4.77. The van der Waals surface area contributed by atoms with Crippen LogP contribution in [0.15, 0.2) is 72.3 Å². The smallest absolute Gasteiger partial charge is 0.335 e. The summed E-state index contributed by atoms with van der Waals surface area (Å²) in [5.41, 5.74) is 4.29. The van der Waals surface area contributed by atoms with Crippen LogP contribution in [0, 0.1) is 25.2 Å². The van der Waals surface area contributed by atoms with Crippen LogP contribution in [0.3, 0.4) is 0 Å². The van der Waals surface area contributed by atoms with Gasteiger partial charge in [0.15, 0.2) is 0 Å². The average molecular weight is 426 g/mol. The Morgan fingerprint density at radius 2 is 1.81 bits per heavy atom. The molecule has 1 amide bonds. The van der Waals surface area contributed by atoms with Crippen molar-refractivity contribution in [3.8, 4) is 11.8 Å². The number of carbonyl (C=O) groups excluding carboxylic acids is 1. The Bertz CT molecular complexity index is 1220. The van der Waals surface area contributed by atoms with E-state index in [0.717, 1.165) is 16.7 Å². The highest BCUT2D eigenvalue weighted by molar-refractivity contribution is 6.10. The molecule has 2 N–H and O–H groups in total. The van der Waals surface area contributed by atoms with Gasteiger partial charge in [-0.2, -0.15) is 5.26 Å². The van der Waals surface area contributed by atoms with Crippen LogP contribution in [0.4, 0.5) is 5.69 Å². The van der Waals surface area contributed by atoms with E-state index in [1.54, 1.807) is 42.5 Å². The standard InChI is InChI=1S/C26H22N2O4/c1-17-6-11-24(18(2)12-17)28-25(29)22(15-27)13-19-7-9-23(10-8-19)32-16-20-4-3-5-21(14-20)26(30)31/h3-14H,16H2,1-2H3,(H,28,29)(H,30,31)/b22-13-. The van der Waals surface area contributed by atoms with E-state index in [1.807, 2.05) is 38.1 Å². The fourth-order valence-corrected chi connectivity index (χ4v) is 3.08. The van der Waals surface area contributed by atoms with Gasteiger partial charge in [0.25, 0.3) is 5.91 Å². The van der Waals surface area contributed by atoms with Crippen molar-refractivity contribution < 1.29 is 19.4 Å². The summed E-state index contributed by atoms with van der Waals surface area (Å²) in [7, 11) is 0. The molecule has 0 radical (unpaired) electrons. The predicted octanol–water partition coefficient (Wildman–Crippen LogP) is 5.13. The first-order chi connectivity index (χ1) is 15.4. The number of carbonyl (C=O) groups is 2. The quantitative estimate of drug-likeness (QED) is 0.403. The van der Waals surface area contributed by atoms with Gasteiger partial charge in [0.2, 0.25) is 0 Å². The van der Waals surface area contributed by atoms with Crippen molar-refractivity contribution in [2.45, 2.75) is 20.5 Å². The summed E-state index contributed by atoms with van der Waals surface area (Å²) in [5, 5.41) is 21.3. The molecule has 0 spiro atoms. The first-order valence-corrected chi connectivity index (χ1v) is 9.91. The summed E-state index contributed by atoms with van der Waals surface area (Å²) < 4.78 is 5.70. The van der Waals surface area contributed by atoms with E-state index in [2.05, 4.69) is 5.32 Å². The van der Waals surface area contributed by atoms with Gasteiger partial charge in [0.1, 0.15) is 24.0 Å². The molecule has 0 bridgehead atoms. The van der Waals surface area contributed by atoms with Crippen LogP contribution in [-0.4, -0.2) is 17.0 Å². The summed E-state index contributed by atoms with van der Waals surface area (Å²) in [4.78, 5) is 23.6. The number of rotatable bonds is 7. The van der Waals surface area contributed by atoms with E-state index < -0.39 is 11.9 Å². The maximum atomic E-state index is 12.5. The molecule has 0 saturated heterocycles. The number of benzene rings is 3. The molecule has 0 saturated carbocycles. The number of amides is 1. The minimum absolute atomic E-state index is 0.0101. The van der Waals surface area contributed by atoms with Crippen LogP contribution < -0.4 is 10.1 Å². The van der Waals surface area contributed by atoms with Gasteiger partial charge in [-0.3, -0.25) is 4.79 Å². The molecule has 160 valence electrons. The molecule has 6 nitrogen and oxygen atoms in total. The minimum atomic E-state index is -0.988. The van der Waals surface area contributed by atoms with Crippen LogP contribution >= 0.6 is 0 Å². The van der Waals surface area contributed by atoms with Crippen molar-refractivity contribution in [3.63, 3.8) is 0 Å². The normalized spacial score (nSPS) is 10.8. The number of aromatic carboxylic acids is 1. The lowest BCUT2D eigenvalue weighted by molar-refractivity contribution is -0.112. The van der Waals surface area contributed by atoms with Crippen molar-refractivity contribution in [3.05, 3.63) is 100 Å². The van der Waals surface area contributed by atoms with Gasteiger partial charge >= 0.3 is 5.97 Å². The Kier molecular flexibility index (Phi) is 7.04. The SMILES string of the molecule is Cc1ccc(NC(=O)/C(C#N)=C\c2ccc(OCc3cccc(C(=O)O)c3)cc2)c(C)c1. The highest BCUT2D eigenvalue weighted by atomic mass is 16.5. The molecule has 6 heteroatoms. The molecule has 0 aromatic heterocycles. The molecule has 0 heterocycles. The second kappa shape index (κ2) is 10.1. The number of nitrogens with one attached hydrogen (secondary N) is 1. The van der Waals surface area contributed by atoms with Gasteiger partial charge in [-0.1, -0.05) is 42.0 Å². The predicted molar refractivity (Wildman–Crippen MR) is 122 cm³/mol. The van der Waals surface area contributed by atoms with Gasteiger partial charge in [-0.15, -0.1) is 0 Å². The number of carboxylic acids is 1. The van der Waals surface area contributed by atoms with Gasteiger partial charge in [-0.05, 0) is 66.9 Å². The second-order valence-electron chi connectivity index (χ2n) is 7.31. The summed E-state index contributed by atoms with van der Waals surface area (Å²) in [6.07, 6.45) is 1.51. The molecule has 3 aromatic carbocycles. The largest absolute Gasteiger partial charge is 0.489 e. The lowest BCUT2D eigenvalue weighted by Crippen LogP contribution is -2.14. The van der Waals surface area contributed by atoms with Crippen LogP contribution in [0.1, 0.15) is 32.6 Å². The molecule has 0 atom stereocenters. The maximum absolute atomic E-state index is 12.5. The molecule has 0 fully saturated rings. The molecule has 3 rings (SSSR count). The number of ether oxygens (including phenoxy) is 1. The van der Waals surface area contributed by atoms with Gasteiger partial charge in [0.05, 0.1) is 5.56 Å². The molecular weight excluding hydrogens is 404 g/mol. The third kappa shape index (κ3) is 5.83. The monoisotopic (exact) mass is 426 g/mol. The van der Waals surface area contributed by atoms with Gasteiger partial charge in [-0.25, -0.2) is 4.79 Å². The zero-order valence-electron chi connectivity index (χ0n) is 17.8. The Hall–Kier alpha value is -4.37. The molecule has 0 aliphatic carbocycles. The van der Waals surface area contributed by atoms with E-state index in [0.29, 0.717) is 17.0 Å². The summed E-state index contributed by atoms with van der Waals surface area (Å²) in [5.74, 6) is -0.878. The van der Waals surface area contributed by atoms with Gasteiger partial charge < -0.3 is 15.2 Å². The maximum Gasteiger partial charge on any atom is 0.335 e. The molecule has 0 unspecified atom stereocenters. The number of nitrogens with zero attached hydrogens (tertiary/aromatic N) is 1. The molecular formula is C26H22N2O4. The molecule has 3 aromatic rings. The summed E-state index contributed by atoms with van der Waals surface area (Å²) >= 11 is 0. The summed E-state index contributed by atoms with van der Waals surface area (Å²) in [6, 6.07) is 21.1. The Morgan fingerprint density at radius 3 is 2.47 bits per heavy atom. The van der Waals surface area contributed by atoms with Crippen LogP contribution in [0.2, 0.25) is 0 Å². The lowest BCUT2D eigenvalue weighted by Gasteiger charge is -2.09. The van der Waals surface area contributed by atoms with Crippen LogP contribution in [0.5, 0.6) is 5.75 Å². The number of hydrogen-bond donors (Lipinski definition) is 2. The Morgan fingerprint density at radius 1 is 1.06 bits per heavy atom. The minimum Gasteiger partial charge on any atom is -0.489 e. The van der Waals surface area contributed by atoms with Crippen molar-refractivity contribution in [1.29, 1.82) is 5.26 Å². The van der Waals surface area contributed by atoms with E-state index in [4.69, 9.17) is 9.84 Å². The van der Waals surface area contributed by atoms with Gasteiger partial charge in [0, 0.05) is 5.69 Å². The van der Waals surface area contributed by atoms with Crippen LogP contribution in [-0.2, 0) is 11.4 Å². The van der Waals surface area contributed by atoms with Crippen molar-refractivity contribution >= 4 is 23.6 Å². The van der Waals surface area contributed by atoms with Crippen molar-refractivity contribution in [2.24, 2.45) is 0 Å². The highest BCUT2D eigenvalue weighted by Crippen LogP contribution is 2.19. The lowest BCUT2D eigenvalue weighted by atomic mass is 10.1. The van der Waals surface area contributed by atoms with E-state index in [-0.39, 0.29) is 17.7 Å². The topological polar surface area (TPSA) is 99.4 Å². The Labute approximate surface area is 186 Å². The first-order valence-electron chi connectivity index (χ1n) is 9.91. The fourth-order valence-electron chi connectivity index (χ4n) is 3.08. The van der Waals surface area contributed by atoms with E-state index in [9.17, 15) is 14.9 Å². The number of aryl methyl sites for hydroxylation is 2. The summed E-state index contributed by atoms with van der Waals surface area (Å²) in [6.45, 7) is 4.09. The fraction of sp³-hybridized carbons (Fsp3) is 0.115. The van der Waals surface area contributed by atoms with E-state index >= 15 is 0 Å². The highest BCUT2D eigenvalue weighted by Gasteiger charge is 2.11. The van der Waals surface area contributed by atoms with Crippen molar-refractivity contribution in [2.75, 3.05) is 5.32 Å². The Balaban J connectivity index is 1.66. The number of anilines is 1. The molecule has 0 aliphatic rings. The average Bonchev–Trinajstić information content (AvgIpc) is 2.78. The second-order valence-corrected chi connectivity index (χ2v) is 7.31. The van der Waals surface area contributed by atoms with Crippen molar-refractivity contribution in [1.82, 2.24) is 0 Å². The number of nitriles is 1. The first kappa shape index (κ1) is 22.3. The molecule has 32 heavy (non-hydrogen) atoms. The van der Waals surface area contributed by atoms with E-state index in [1.165, 1.54) is 12.1 Å². The zero-order valence-corrected chi connectivity index (χ0v) is 17.8. The van der Waals surface area contributed by atoms with Crippen LogP contribution in [0.25, 0.3) is 6.08 Å². The third-order valence-corrected chi connectivity index (χ3v) is 4.77. The zero-order chi connectivity index (χ0) is 23.1. The number of carboxylic acid groups (broad SMARTS) is 1. The number of hydrogen-bond acceptors (Lipinski definition) is 4. The molecule has 0 aliphatic heterocycles.